The van der Waals surface area contributed by atoms with E-state index in [9.17, 15) is 13.6 Å². The van der Waals surface area contributed by atoms with Crippen molar-refractivity contribution >= 4 is 22.9 Å². The second-order valence-corrected chi connectivity index (χ2v) is 10.6. The number of benzene rings is 1. The molecule has 2 aromatic heterocycles. The Morgan fingerprint density at radius 2 is 1.85 bits per heavy atom. The minimum Gasteiger partial charge on any atom is -0.474 e. The van der Waals surface area contributed by atoms with Crippen molar-refractivity contribution < 1.29 is 23.0 Å². The van der Waals surface area contributed by atoms with E-state index >= 15 is 0 Å². The van der Waals surface area contributed by atoms with E-state index < -0.39 is 12.0 Å². The number of imidazole rings is 1. The van der Waals surface area contributed by atoms with Crippen LogP contribution in [0.2, 0.25) is 0 Å². The van der Waals surface area contributed by atoms with Gasteiger partial charge in [-0.1, -0.05) is 12.1 Å². The molecule has 0 spiro atoms. The molecule has 10 nitrogen and oxygen atoms in total. The number of hydrogen-bond acceptors (Lipinski definition) is 8. The number of nitrogens with one attached hydrogen (secondary N) is 1. The van der Waals surface area contributed by atoms with Gasteiger partial charge in [-0.3, -0.25) is 9.36 Å². The van der Waals surface area contributed by atoms with Crippen molar-refractivity contribution in [2.45, 2.75) is 69.1 Å². The van der Waals surface area contributed by atoms with Crippen LogP contribution < -0.4 is 20.7 Å². The van der Waals surface area contributed by atoms with E-state index in [2.05, 4.69) is 20.3 Å². The summed E-state index contributed by atoms with van der Waals surface area (Å²) in [5, 5.41) is 3.11. The number of amides is 1. The zero-order chi connectivity index (χ0) is 27.0. The van der Waals surface area contributed by atoms with Crippen molar-refractivity contribution in [1.82, 2.24) is 24.8 Å². The standard InChI is InChI=1S/C27H33F2N7O3/c28-23(29)24-32-19-4-1-2-5-20(19)36(24)21-16-22(34-26(33-21)35-12-14-38-15-13-35)39-18-8-6-17(7-9-18)31-25(37)27(30)10-3-11-27/h1-2,4-5,16-18,23H,3,6-15,30H2,(H,31,37). The molecule has 3 N–H and O–H groups in total. The van der Waals surface area contributed by atoms with E-state index in [0.29, 0.717) is 49.2 Å². The summed E-state index contributed by atoms with van der Waals surface area (Å²) < 4.78 is 41.3. The van der Waals surface area contributed by atoms with Gasteiger partial charge in [0.1, 0.15) is 11.9 Å². The number of morpholine rings is 1. The minimum absolute atomic E-state index is 0.0592. The molecular formula is C27H33F2N7O3. The van der Waals surface area contributed by atoms with Gasteiger partial charge in [0.05, 0.1) is 29.8 Å². The number of carbonyl (C=O) groups excluding carboxylic acids is 1. The molecule has 6 rings (SSSR count). The second kappa shape index (κ2) is 10.6. The first-order valence-electron chi connectivity index (χ1n) is 13.6. The molecule has 0 atom stereocenters. The summed E-state index contributed by atoms with van der Waals surface area (Å²) in [6.45, 7) is 2.23. The van der Waals surface area contributed by atoms with E-state index in [1.807, 2.05) is 4.90 Å². The number of para-hydroxylation sites is 2. The van der Waals surface area contributed by atoms with Gasteiger partial charge in [-0.25, -0.2) is 13.8 Å². The van der Waals surface area contributed by atoms with Gasteiger partial charge in [0.2, 0.25) is 17.7 Å². The second-order valence-electron chi connectivity index (χ2n) is 10.6. The van der Waals surface area contributed by atoms with Crippen LogP contribution in [0.25, 0.3) is 16.9 Å². The van der Waals surface area contributed by atoms with Gasteiger partial charge in [0, 0.05) is 25.2 Å². The SMILES string of the molecule is NC1(C(=O)NC2CCC(Oc3cc(-n4c(C(F)F)nc5ccccc54)nc(N4CCOCC4)n3)CC2)CCC1. The maximum absolute atomic E-state index is 14.1. The van der Waals surface area contributed by atoms with Crippen molar-refractivity contribution in [1.29, 1.82) is 0 Å². The van der Waals surface area contributed by atoms with Crippen molar-refractivity contribution in [3.8, 4) is 11.7 Å². The average molecular weight is 542 g/mol. The number of halogens is 2. The van der Waals surface area contributed by atoms with Crippen LogP contribution >= 0.6 is 0 Å². The van der Waals surface area contributed by atoms with Gasteiger partial charge < -0.3 is 25.4 Å². The number of nitrogens with zero attached hydrogens (tertiary/aromatic N) is 5. The molecule has 12 heteroatoms. The van der Waals surface area contributed by atoms with Crippen molar-refractivity contribution in [3.05, 3.63) is 36.2 Å². The molecule has 1 aliphatic heterocycles. The van der Waals surface area contributed by atoms with E-state index in [1.54, 1.807) is 30.3 Å². The molecule has 1 amide bonds. The smallest absolute Gasteiger partial charge is 0.296 e. The fourth-order valence-electron chi connectivity index (χ4n) is 5.52. The normalized spacial score (nSPS) is 23.0. The molecule has 2 saturated carbocycles. The Morgan fingerprint density at radius 1 is 1.10 bits per heavy atom. The predicted octanol–water partition coefficient (Wildman–Crippen LogP) is 3.28. The maximum atomic E-state index is 14.1. The summed E-state index contributed by atoms with van der Waals surface area (Å²) in [5.41, 5.74) is 6.45. The molecule has 3 heterocycles. The van der Waals surface area contributed by atoms with E-state index in [1.165, 1.54) is 4.57 Å². The van der Waals surface area contributed by atoms with Gasteiger partial charge in [-0.05, 0) is 57.1 Å². The van der Waals surface area contributed by atoms with Crippen LogP contribution in [0.4, 0.5) is 14.7 Å². The third kappa shape index (κ3) is 5.27. The number of aromatic nitrogens is 4. The van der Waals surface area contributed by atoms with Gasteiger partial charge in [-0.2, -0.15) is 9.97 Å². The summed E-state index contributed by atoms with van der Waals surface area (Å²) in [7, 11) is 0. The molecule has 3 aromatic rings. The summed E-state index contributed by atoms with van der Waals surface area (Å²) in [5.74, 6) is 0.561. The van der Waals surface area contributed by atoms with Crippen molar-refractivity contribution in [2.75, 3.05) is 31.2 Å². The summed E-state index contributed by atoms with van der Waals surface area (Å²) in [6.07, 6.45) is 2.54. The van der Waals surface area contributed by atoms with Crippen LogP contribution in [0.15, 0.2) is 30.3 Å². The molecule has 3 aliphatic rings. The number of alkyl halides is 2. The highest BCUT2D eigenvalue weighted by Gasteiger charge is 2.41. The molecule has 3 fully saturated rings. The fraction of sp³-hybridized carbons (Fsp3) is 0.556. The van der Waals surface area contributed by atoms with Gasteiger partial charge >= 0.3 is 0 Å². The van der Waals surface area contributed by atoms with E-state index in [4.69, 9.17) is 15.2 Å². The minimum atomic E-state index is -2.79. The van der Waals surface area contributed by atoms with Gasteiger partial charge in [0.15, 0.2) is 5.82 Å². The lowest BCUT2D eigenvalue weighted by Gasteiger charge is -2.38. The summed E-state index contributed by atoms with van der Waals surface area (Å²) >= 11 is 0. The Morgan fingerprint density at radius 3 is 2.54 bits per heavy atom. The van der Waals surface area contributed by atoms with E-state index in [0.717, 1.165) is 44.9 Å². The molecule has 1 aromatic carbocycles. The van der Waals surface area contributed by atoms with Gasteiger partial charge in [-0.15, -0.1) is 0 Å². The fourth-order valence-corrected chi connectivity index (χ4v) is 5.52. The number of ether oxygens (including phenoxy) is 2. The Kier molecular flexibility index (Phi) is 7.06. The molecule has 0 radical (unpaired) electrons. The molecule has 39 heavy (non-hydrogen) atoms. The number of carbonyl (C=O) groups is 1. The van der Waals surface area contributed by atoms with Crippen LogP contribution in [0, 0.1) is 0 Å². The largest absolute Gasteiger partial charge is 0.474 e. The monoisotopic (exact) mass is 541 g/mol. The zero-order valence-corrected chi connectivity index (χ0v) is 21.7. The zero-order valence-electron chi connectivity index (χ0n) is 21.7. The third-order valence-corrected chi connectivity index (χ3v) is 7.98. The molecule has 0 bridgehead atoms. The summed E-state index contributed by atoms with van der Waals surface area (Å²) in [4.78, 5) is 28.0. The third-order valence-electron chi connectivity index (χ3n) is 7.98. The first-order valence-corrected chi connectivity index (χ1v) is 13.6. The van der Waals surface area contributed by atoms with Crippen molar-refractivity contribution in [3.63, 3.8) is 0 Å². The highest BCUT2D eigenvalue weighted by Crippen LogP contribution is 2.32. The molecule has 2 aliphatic carbocycles. The number of anilines is 1. The van der Waals surface area contributed by atoms with Crippen molar-refractivity contribution in [2.24, 2.45) is 5.73 Å². The Bertz CT molecular complexity index is 1330. The number of fused-ring (bicyclic) bond motifs is 1. The number of hydrogen-bond donors (Lipinski definition) is 2. The van der Waals surface area contributed by atoms with Gasteiger partial charge in [0.25, 0.3) is 6.43 Å². The number of nitrogens with two attached hydrogens (primary N) is 1. The molecule has 0 unspecified atom stereocenters. The highest BCUT2D eigenvalue weighted by molar-refractivity contribution is 5.87. The predicted molar refractivity (Wildman–Crippen MR) is 140 cm³/mol. The lowest BCUT2D eigenvalue weighted by atomic mass is 9.76. The first kappa shape index (κ1) is 25.9. The Labute approximate surface area is 224 Å². The molecule has 1 saturated heterocycles. The van der Waals surface area contributed by atoms with Crippen LogP contribution in [-0.2, 0) is 9.53 Å². The Hall–Kier alpha value is -3.38. The maximum Gasteiger partial charge on any atom is 0.296 e. The quantitative estimate of drug-likeness (QED) is 0.468. The Balaban J connectivity index is 1.25. The lowest BCUT2D eigenvalue weighted by molar-refractivity contribution is -0.130. The lowest BCUT2D eigenvalue weighted by Crippen LogP contribution is -2.60. The first-order chi connectivity index (χ1) is 18.9. The molecule has 208 valence electrons. The average Bonchev–Trinajstić information content (AvgIpc) is 3.33. The van der Waals surface area contributed by atoms with E-state index in [-0.39, 0.29) is 29.7 Å². The van der Waals surface area contributed by atoms with Crippen LogP contribution in [0.5, 0.6) is 5.88 Å². The summed E-state index contributed by atoms with van der Waals surface area (Å²) in [6, 6.07) is 8.66. The van der Waals surface area contributed by atoms with Crippen LogP contribution in [0.1, 0.15) is 57.2 Å². The van der Waals surface area contributed by atoms with Crippen LogP contribution in [-0.4, -0.2) is 69.4 Å². The highest BCUT2D eigenvalue weighted by atomic mass is 19.3. The van der Waals surface area contributed by atoms with Crippen LogP contribution in [0.3, 0.4) is 0 Å². The number of rotatable bonds is 7. The molecular weight excluding hydrogens is 508 g/mol. The topological polar surface area (TPSA) is 120 Å².